The number of nitrogens with zero attached hydrogens (tertiary/aromatic N) is 1. The molecule has 19 heavy (non-hydrogen) atoms. The fourth-order valence-electron chi connectivity index (χ4n) is 2.65. The zero-order valence-electron chi connectivity index (χ0n) is 12.2. The van der Waals surface area contributed by atoms with Crippen LogP contribution in [-0.4, -0.2) is 37.2 Å². The number of hydrogen-bond acceptors (Lipinski definition) is 3. The van der Waals surface area contributed by atoms with E-state index in [0.29, 0.717) is 19.2 Å². The number of ether oxygens (including phenoxy) is 1. The first-order chi connectivity index (χ1) is 9.20. The van der Waals surface area contributed by atoms with Gasteiger partial charge >= 0.3 is 0 Å². The second-order valence-corrected chi connectivity index (χ2v) is 5.57. The van der Waals surface area contributed by atoms with Gasteiger partial charge in [-0.05, 0) is 57.0 Å². The molecule has 1 saturated heterocycles. The van der Waals surface area contributed by atoms with Gasteiger partial charge in [0.25, 0.3) is 0 Å². The summed E-state index contributed by atoms with van der Waals surface area (Å²) in [7, 11) is 0. The Morgan fingerprint density at radius 3 is 2.63 bits per heavy atom. The summed E-state index contributed by atoms with van der Waals surface area (Å²) in [5.74, 6) is 0.996. The molecule has 1 aliphatic heterocycles. The monoisotopic (exact) mass is 262 g/mol. The average molecular weight is 262 g/mol. The van der Waals surface area contributed by atoms with Crippen LogP contribution >= 0.6 is 0 Å². The van der Waals surface area contributed by atoms with Crippen molar-refractivity contribution in [3.63, 3.8) is 0 Å². The van der Waals surface area contributed by atoms with Gasteiger partial charge in [0.1, 0.15) is 12.4 Å². The minimum atomic E-state index is 0.347. The first-order valence-electron chi connectivity index (χ1n) is 7.35. The number of aryl methyl sites for hydroxylation is 2. The van der Waals surface area contributed by atoms with Crippen LogP contribution in [-0.2, 0) is 0 Å². The normalized spacial score (nSPS) is 18.3. The van der Waals surface area contributed by atoms with E-state index in [4.69, 9.17) is 10.5 Å². The number of benzene rings is 1. The van der Waals surface area contributed by atoms with E-state index in [-0.39, 0.29) is 0 Å². The number of hydrogen-bond donors (Lipinski definition) is 1. The lowest BCUT2D eigenvalue weighted by Gasteiger charge is -2.33. The van der Waals surface area contributed by atoms with Crippen molar-refractivity contribution in [3.05, 3.63) is 29.3 Å². The van der Waals surface area contributed by atoms with Crippen LogP contribution in [0.5, 0.6) is 5.75 Å². The molecule has 1 atom stereocenters. The Kier molecular flexibility index (Phi) is 5.23. The van der Waals surface area contributed by atoms with Crippen molar-refractivity contribution in [1.82, 2.24) is 4.90 Å². The number of piperidine rings is 1. The molecule has 3 nitrogen and oxygen atoms in total. The van der Waals surface area contributed by atoms with Crippen LogP contribution in [0.15, 0.2) is 18.2 Å². The van der Waals surface area contributed by atoms with Gasteiger partial charge in [-0.2, -0.15) is 0 Å². The van der Waals surface area contributed by atoms with Crippen LogP contribution in [0.2, 0.25) is 0 Å². The van der Waals surface area contributed by atoms with Gasteiger partial charge < -0.3 is 10.5 Å². The predicted molar refractivity (Wildman–Crippen MR) is 79.7 cm³/mol. The van der Waals surface area contributed by atoms with Gasteiger partial charge in [-0.1, -0.05) is 18.6 Å². The van der Waals surface area contributed by atoms with Gasteiger partial charge in [0.2, 0.25) is 0 Å². The van der Waals surface area contributed by atoms with Crippen molar-refractivity contribution in [1.29, 1.82) is 0 Å². The van der Waals surface area contributed by atoms with E-state index in [0.717, 1.165) is 18.8 Å². The highest BCUT2D eigenvalue weighted by Crippen LogP contribution is 2.20. The van der Waals surface area contributed by atoms with Crippen molar-refractivity contribution in [2.75, 3.05) is 26.2 Å². The molecule has 0 aliphatic carbocycles. The van der Waals surface area contributed by atoms with E-state index in [1.165, 1.54) is 30.4 Å². The van der Waals surface area contributed by atoms with Crippen LogP contribution in [0.1, 0.15) is 30.4 Å². The van der Waals surface area contributed by atoms with Crippen LogP contribution in [0.4, 0.5) is 0 Å². The Labute approximate surface area is 116 Å². The lowest BCUT2D eigenvalue weighted by Crippen LogP contribution is -2.46. The summed E-state index contributed by atoms with van der Waals surface area (Å²) in [6, 6.07) is 6.69. The summed E-state index contributed by atoms with van der Waals surface area (Å²) >= 11 is 0. The molecule has 1 aliphatic rings. The second-order valence-electron chi connectivity index (χ2n) is 5.57. The molecular weight excluding hydrogens is 236 g/mol. The summed E-state index contributed by atoms with van der Waals surface area (Å²) in [6.45, 7) is 7.88. The van der Waals surface area contributed by atoms with E-state index < -0.39 is 0 Å². The lowest BCUT2D eigenvalue weighted by molar-refractivity contribution is 0.118. The molecule has 0 bridgehead atoms. The first kappa shape index (κ1) is 14.4. The maximum atomic E-state index is 6.00. The van der Waals surface area contributed by atoms with Gasteiger partial charge in [-0.3, -0.25) is 4.90 Å². The number of rotatable bonds is 5. The number of nitrogens with two attached hydrogens (primary N) is 1. The highest BCUT2D eigenvalue weighted by atomic mass is 16.5. The minimum absolute atomic E-state index is 0.347. The SMILES string of the molecule is Cc1ccc(C)c(OCC(CN)N2CCCCC2)c1. The molecule has 1 unspecified atom stereocenters. The highest BCUT2D eigenvalue weighted by Gasteiger charge is 2.20. The zero-order valence-corrected chi connectivity index (χ0v) is 12.2. The Hall–Kier alpha value is -1.06. The third-order valence-corrected chi connectivity index (χ3v) is 3.95. The Morgan fingerprint density at radius 1 is 1.21 bits per heavy atom. The highest BCUT2D eigenvalue weighted by molar-refractivity contribution is 5.35. The fraction of sp³-hybridized carbons (Fsp3) is 0.625. The van der Waals surface area contributed by atoms with Crippen molar-refractivity contribution < 1.29 is 4.74 Å². The van der Waals surface area contributed by atoms with Crippen molar-refractivity contribution >= 4 is 0 Å². The topological polar surface area (TPSA) is 38.5 Å². The molecule has 1 heterocycles. The molecule has 106 valence electrons. The van der Waals surface area contributed by atoms with Crippen LogP contribution in [0.3, 0.4) is 0 Å². The van der Waals surface area contributed by atoms with Crippen LogP contribution in [0, 0.1) is 13.8 Å². The Bertz CT molecular complexity index is 400. The summed E-state index contributed by atoms with van der Waals surface area (Å²) in [5, 5.41) is 0. The van der Waals surface area contributed by atoms with Gasteiger partial charge in [0.15, 0.2) is 0 Å². The quantitative estimate of drug-likeness (QED) is 0.886. The van der Waals surface area contributed by atoms with Gasteiger partial charge in [-0.25, -0.2) is 0 Å². The van der Waals surface area contributed by atoms with E-state index >= 15 is 0 Å². The summed E-state index contributed by atoms with van der Waals surface area (Å²) in [5.41, 5.74) is 8.35. The van der Waals surface area contributed by atoms with Crippen molar-refractivity contribution in [2.24, 2.45) is 5.73 Å². The summed E-state index contributed by atoms with van der Waals surface area (Å²) in [6.07, 6.45) is 3.94. The largest absolute Gasteiger partial charge is 0.492 e. The standard InChI is InChI=1S/C16H26N2O/c1-13-6-7-14(2)16(10-13)19-12-15(11-17)18-8-4-3-5-9-18/h6-7,10,15H,3-5,8-9,11-12,17H2,1-2H3. The van der Waals surface area contributed by atoms with E-state index in [2.05, 4.69) is 36.9 Å². The third kappa shape index (κ3) is 3.95. The van der Waals surface area contributed by atoms with Gasteiger partial charge in [0.05, 0.1) is 6.04 Å². The Balaban J connectivity index is 1.93. The van der Waals surface area contributed by atoms with E-state index in [1.807, 2.05) is 0 Å². The molecule has 2 N–H and O–H groups in total. The smallest absolute Gasteiger partial charge is 0.122 e. The molecule has 2 rings (SSSR count). The lowest BCUT2D eigenvalue weighted by atomic mass is 10.1. The molecule has 0 saturated carbocycles. The maximum absolute atomic E-state index is 6.00. The summed E-state index contributed by atoms with van der Waals surface area (Å²) < 4.78 is 6.00. The van der Waals surface area contributed by atoms with Crippen molar-refractivity contribution in [3.8, 4) is 5.75 Å². The summed E-state index contributed by atoms with van der Waals surface area (Å²) in [4.78, 5) is 2.48. The molecule has 1 aromatic rings. The fourth-order valence-corrected chi connectivity index (χ4v) is 2.65. The third-order valence-electron chi connectivity index (χ3n) is 3.95. The molecule has 0 aromatic heterocycles. The van der Waals surface area contributed by atoms with Crippen LogP contribution < -0.4 is 10.5 Å². The molecule has 3 heteroatoms. The molecule has 1 fully saturated rings. The van der Waals surface area contributed by atoms with Crippen molar-refractivity contribution in [2.45, 2.75) is 39.2 Å². The molecular formula is C16H26N2O. The van der Waals surface area contributed by atoms with E-state index in [9.17, 15) is 0 Å². The Morgan fingerprint density at radius 2 is 1.95 bits per heavy atom. The molecule has 1 aromatic carbocycles. The van der Waals surface area contributed by atoms with Crippen LogP contribution in [0.25, 0.3) is 0 Å². The number of likely N-dealkylation sites (tertiary alicyclic amines) is 1. The second kappa shape index (κ2) is 6.92. The molecule has 0 amide bonds. The predicted octanol–water partition coefficient (Wildman–Crippen LogP) is 2.50. The molecule has 0 radical (unpaired) electrons. The first-order valence-corrected chi connectivity index (χ1v) is 7.35. The van der Waals surface area contributed by atoms with Gasteiger partial charge in [-0.15, -0.1) is 0 Å². The van der Waals surface area contributed by atoms with E-state index in [1.54, 1.807) is 0 Å². The van der Waals surface area contributed by atoms with Gasteiger partial charge in [0, 0.05) is 6.54 Å². The molecule has 0 spiro atoms. The maximum Gasteiger partial charge on any atom is 0.122 e. The zero-order chi connectivity index (χ0) is 13.7. The average Bonchev–Trinajstić information content (AvgIpc) is 2.44. The minimum Gasteiger partial charge on any atom is -0.492 e.